The van der Waals surface area contributed by atoms with Crippen LogP contribution in [0.1, 0.15) is 32.3 Å². The molecule has 0 atom stereocenters. The van der Waals surface area contributed by atoms with Crippen molar-refractivity contribution in [2.45, 2.75) is 40.2 Å². The first kappa shape index (κ1) is 16.4. The molecular formula is C16H20N2O3S. The van der Waals surface area contributed by atoms with Crippen molar-refractivity contribution in [3.63, 3.8) is 0 Å². The maximum atomic E-state index is 11.9. The Morgan fingerprint density at radius 2 is 2.09 bits per heavy atom. The van der Waals surface area contributed by atoms with Gasteiger partial charge in [0.25, 0.3) is 0 Å². The van der Waals surface area contributed by atoms with Crippen LogP contribution in [0.2, 0.25) is 0 Å². The smallest absolute Gasteiger partial charge is 0.326 e. The molecule has 0 aliphatic carbocycles. The molecule has 0 aliphatic heterocycles. The van der Waals surface area contributed by atoms with Crippen molar-refractivity contribution in [3.05, 3.63) is 28.6 Å². The molecule has 0 radical (unpaired) electrons. The van der Waals surface area contributed by atoms with Gasteiger partial charge in [-0.1, -0.05) is 30.4 Å². The van der Waals surface area contributed by atoms with Gasteiger partial charge in [0.05, 0.1) is 16.8 Å². The van der Waals surface area contributed by atoms with Crippen LogP contribution in [0.25, 0.3) is 10.2 Å². The average Bonchev–Trinajstić information content (AvgIpc) is 2.78. The number of thiazole rings is 1. The molecule has 0 spiro atoms. The number of aromatic nitrogens is 1. The number of carbonyl (C=O) groups is 2. The molecule has 0 unspecified atom stereocenters. The van der Waals surface area contributed by atoms with Gasteiger partial charge in [-0.2, -0.15) is 4.99 Å². The Morgan fingerprint density at radius 3 is 2.77 bits per heavy atom. The molecule has 0 saturated heterocycles. The molecule has 0 fully saturated rings. The van der Waals surface area contributed by atoms with Crippen molar-refractivity contribution in [1.29, 1.82) is 0 Å². The number of esters is 1. The van der Waals surface area contributed by atoms with Gasteiger partial charge in [0.15, 0.2) is 4.80 Å². The highest BCUT2D eigenvalue weighted by molar-refractivity contribution is 7.16. The van der Waals surface area contributed by atoms with Crippen molar-refractivity contribution < 1.29 is 14.3 Å². The molecule has 6 heteroatoms. The first-order valence-electron chi connectivity index (χ1n) is 7.39. The van der Waals surface area contributed by atoms with E-state index in [2.05, 4.69) is 4.99 Å². The fourth-order valence-corrected chi connectivity index (χ4v) is 3.38. The van der Waals surface area contributed by atoms with Crippen molar-refractivity contribution in [3.8, 4) is 0 Å². The normalized spacial score (nSPS) is 11.9. The summed E-state index contributed by atoms with van der Waals surface area (Å²) in [6.45, 7) is 6.09. The first-order chi connectivity index (χ1) is 10.6. The van der Waals surface area contributed by atoms with Crippen LogP contribution < -0.4 is 4.80 Å². The number of hydrogen-bond acceptors (Lipinski definition) is 4. The third-order valence-corrected chi connectivity index (χ3v) is 4.22. The Morgan fingerprint density at radius 1 is 1.32 bits per heavy atom. The summed E-state index contributed by atoms with van der Waals surface area (Å²) in [5.74, 6) is -0.487. The highest BCUT2D eigenvalue weighted by atomic mass is 32.1. The van der Waals surface area contributed by atoms with E-state index in [4.69, 9.17) is 4.74 Å². The molecule has 0 saturated carbocycles. The minimum atomic E-state index is -0.324. The number of ether oxygens (including phenoxy) is 1. The minimum absolute atomic E-state index is 0.0664. The second-order valence-electron chi connectivity index (χ2n) is 4.95. The Hall–Kier alpha value is -1.95. The van der Waals surface area contributed by atoms with Crippen molar-refractivity contribution in [2.75, 3.05) is 6.61 Å². The van der Waals surface area contributed by atoms with Gasteiger partial charge in [-0.05, 0) is 31.9 Å². The van der Waals surface area contributed by atoms with E-state index in [-0.39, 0.29) is 18.4 Å². The number of carbonyl (C=O) groups excluding carboxylic acids is 2. The van der Waals surface area contributed by atoms with Crippen molar-refractivity contribution in [2.24, 2.45) is 4.99 Å². The predicted molar refractivity (Wildman–Crippen MR) is 86.7 cm³/mol. The van der Waals surface area contributed by atoms with Crippen molar-refractivity contribution in [1.82, 2.24) is 4.57 Å². The van der Waals surface area contributed by atoms with Crippen LogP contribution in [-0.2, 0) is 20.9 Å². The molecule has 1 aromatic carbocycles. The SMILES string of the molecule is CCCC(=O)N=c1sc2cccc(C)c2n1CC(=O)OCC. The Bertz CT molecular complexity index is 758. The van der Waals surface area contributed by atoms with Crippen LogP contribution in [0, 0.1) is 6.92 Å². The minimum Gasteiger partial charge on any atom is -0.465 e. The number of para-hydroxylation sites is 1. The van der Waals surface area contributed by atoms with E-state index >= 15 is 0 Å². The fourth-order valence-electron chi connectivity index (χ4n) is 2.25. The Kier molecular flexibility index (Phi) is 5.49. The fraction of sp³-hybridized carbons (Fsp3) is 0.438. The second-order valence-corrected chi connectivity index (χ2v) is 5.96. The van der Waals surface area contributed by atoms with E-state index in [1.807, 2.05) is 32.0 Å². The van der Waals surface area contributed by atoms with Crippen LogP contribution >= 0.6 is 11.3 Å². The summed E-state index contributed by atoms with van der Waals surface area (Å²) < 4.78 is 7.82. The molecule has 2 aromatic rings. The maximum absolute atomic E-state index is 11.9. The molecular weight excluding hydrogens is 300 g/mol. The second kappa shape index (κ2) is 7.35. The van der Waals surface area contributed by atoms with E-state index < -0.39 is 0 Å². The van der Waals surface area contributed by atoms with Gasteiger partial charge < -0.3 is 9.30 Å². The van der Waals surface area contributed by atoms with Gasteiger partial charge in [0.2, 0.25) is 5.91 Å². The molecule has 1 amide bonds. The molecule has 1 heterocycles. The zero-order valence-electron chi connectivity index (χ0n) is 13.1. The van der Waals surface area contributed by atoms with Gasteiger partial charge >= 0.3 is 5.97 Å². The summed E-state index contributed by atoms with van der Waals surface area (Å²) in [4.78, 5) is 28.4. The summed E-state index contributed by atoms with van der Waals surface area (Å²) in [6.07, 6.45) is 1.16. The molecule has 2 rings (SSSR count). The number of rotatable bonds is 5. The van der Waals surface area contributed by atoms with Gasteiger partial charge in [0.1, 0.15) is 6.54 Å². The topological polar surface area (TPSA) is 60.7 Å². The summed E-state index contributed by atoms with van der Waals surface area (Å²) in [5, 5.41) is 0. The van der Waals surface area contributed by atoms with Crippen LogP contribution in [0.5, 0.6) is 0 Å². The molecule has 0 bridgehead atoms. The average molecular weight is 320 g/mol. The zero-order chi connectivity index (χ0) is 16.1. The number of fused-ring (bicyclic) bond motifs is 1. The summed E-state index contributed by atoms with van der Waals surface area (Å²) >= 11 is 1.42. The van der Waals surface area contributed by atoms with Crippen LogP contribution in [-0.4, -0.2) is 23.1 Å². The van der Waals surface area contributed by atoms with E-state index in [1.165, 1.54) is 11.3 Å². The van der Waals surface area contributed by atoms with Gasteiger partial charge in [-0.25, -0.2) is 0 Å². The highest BCUT2D eigenvalue weighted by Crippen LogP contribution is 2.21. The third kappa shape index (κ3) is 3.62. The van der Waals surface area contributed by atoms with E-state index in [1.54, 1.807) is 11.5 Å². The van der Waals surface area contributed by atoms with Crippen LogP contribution in [0.4, 0.5) is 0 Å². The molecule has 0 N–H and O–H groups in total. The highest BCUT2D eigenvalue weighted by Gasteiger charge is 2.13. The lowest BCUT2D eigenvalue weighted by molar-refractivity contribution is -0.143. The standard InChI is InChI=1S/C16H20N2O3S/c1-4-7-13(19)17-16-18(10-14(20)21-5-2)15-11(3)8-6-9-12(15)22-16/h6,8-9H,4-5,7,10H2,1-3H3. The summed E-state index contributed by atoms with van der Waals surface area (Å²) in [7, 11) is 0. The van der Waals surface area contributed by atoms with E-state index in [0.29, 0.717) is 17.8 Å². The quantitative estimate of drug-likeness (QED) is 0.796. The molecule has 0 aliphatic rings. The number of amides is 1. The van der Waals surface area contributed by atoms with Crippen LogP contribution in [0.15, 0.2) is 23.2 Å². The van der Waals surface area contributed by atoms with E-state index in [9.17, 15) is 9.59 Å². The molecule has 5 nitrogen and oxygen atoms in total. The first-order valence-corrected chi connectivity index (χ1v) is 8.20. The number of benzene rings is 1. The largest absolute Gasteiger partial charge is 0.465 e. The van der Waals surface area contributed by atoms with Crippen LogP contribution in [0.3, 0.4) is 0 Å². The van der Waals surface area contributed by atoms with Gasteiger partial charge in [-0.3, -0.25) is 9.59 Å². The van der Waals surface area contributed by atoms with E-state index in [0.717, 1.165) is 22.2 Å². The monoisotopic (exact) mass is 320 g/mol. The maximum Gasteiger partial charge on any atom is 0.326 e. The molecule has 22 heavy (non-hydrogen) atoms. The molecule has 118 valence electrons. The third-order valence-electron chi connectivity index (χ3n) is 3.18. The number of aryl methyl sites for hydroxylation is 1. The summed E-state index contributed by atoms with van der Waals surface area (Å²) in [6, 6.07) is 5.91. The van der Waals surface area contributed by atoms with Gasteiger partial charge in [0, 0.05) is 6.42 Å². The molecule has 1 aromatic heterocycles. The number of hydrogen-bond donors (Lipinski definition) is 0. The van der Waals surface area contributed by atoms with Crippen molar-refractivity contribution >= 4 is 33.4 Å². The Balaban J connectivity index is 2.57. The predicted octanol–water partition coefficient (Wildman–Crippen LogP) is 2.80. The Labute approximate surface area is 133 Å². The lowest BCUT2D eigenvalue weighted by Crippen LogP contribution is -2.23. The summed E-state index contributed by atoms with van der Waals surface area (Å²) in [5.41, 5.74) is 1.98. The van der Waals surface area contributed by atoms with Gasteiger partial charge in [-0.15, -0.1) is 0 Å². The zero-order valence-corrected chi connectivity index (χ0v) is 13.9. The lowest BCUT2D eigenvalue weighted by atomic mass is 10.2. The lowest BCUT2D eigenvalue weighted by Gasteiger charge is -2.06. The number of nitrogens with zero attached hydrogens (tertiary/aromatic N) is 2.